The highest BCUT2D eigenvalue weighted by Gasteiger charge is 2.02. The van der Waals surface area contributed by atoms with E-state index in [-0.39, 0.29) is 0 Å². The van der Waals surface area contributed by atoms with E-state index in [1.807, 2.05) is 12.4 Å². The highest BCUT2D eigenvalue weighted by molar-refractivity contribution is 5.57. The summed E-state index contributed by atoms with van der Waals surface area (Å²) in [6.07, 6.45) is 5.24. The van der Waals surface area contributed by atoms with Crippen molar-refractivity contribution in [2.45, 2.75) is 26.8 Å². The minimum Gasteiger partial charge on any atom is -0.337 e. The standard InChI is InChI=1S/C16H23N3/c1-3-18(4-2)11-8-12-19-13-16(17-14-19)15-9-6-5-7-10-15/h5-7,9-10,13-14H,3-4,8,11-12H2,1-2H3. The maximum atomic E-state index is 4.47. The molecule has 0 unspecified atom stereocenters. The number of rotatable bonds is 7. The largest absolute Gasteiger partial charge is 0.337 e. The van der Waals surface area contributed by atoms with Gasteiger partial charge in [0.2, 0.25) is 0 Å². The third-order valence-corrected chi connectivity index (χ3v) is 3.49. The zero-order chi connectivity index (χ0) is 13.5. The lowest BCUT2D eigenvalue weighted by molar-refractivity contribution is 0.293. The molecule has 2 rings (SSSR count). The fraction of sp³-hybridized carbons (Fsp3) is 0.438. The third kappa shape index (κ3) is 3.93. The van der Waals surface area contributed by atoms with Crippen LogP contribution in [0.15, 0.2) is 42.9 Å². The van der Waals surface area contributed by atoms with Crippen LogP contribution in [-0.2, 0) is 6.54 Å². The van der Waals surface area contributed by atoms with E-state index in [2.05, 4.69) is 58.8 Å². The normalized spacial score (nSPS) is 11.1. The third-order valence-electron chi connectivity index (χ3n) is 3.49. The summed E-state index contributed by atoms with van der Waals surface area (Å²) in [4.78, 5) is 6.93. The highest BCUT2D eigenvalue weighted by atomic mass is 15.1. The summed E-state index contributed by atoms with van der Waals surface area (Å²) < 4.78 is 2.19. The molecule has 0 N–H and O–H groups in total. The van der Waals surface area contributed by atoms with Crippen molar-refractivity contribution in [1.29, 1.82) is 0 Å². The monoisotopic (exact) mass is 257 g/mol. The average Bonchev–Trinajstić information content (AvgIpc) is 2.93. The second-order valence-corrected chi connectivity index (χ2v) is 4.74. The van der Waals surface area contributed by atoms with Gasteiger partial charge in [-0.15, -0.1) is 0 Å². The van der Waals surface area contributed by atoms with Crippen molar-refractivity contribution in [3.63, 3.8) is 0 Å². The van der Waals surface area contributed by atoms with Crippen molar-refractivity contribution < 1.29 is 0 Å². The Kier molecular flexibility index (Phi) is 5.16. The van der Waals surface area contributed by atoms with Gasteiger partial charge in [0.25, 0.3) is 0 Å². The van der Waals surface area contributed by atoms with Gasteiger partial charge < -0.3 is 9.47 Å². The predicted octanol–water partition coefficient (Wildman–Crippen LogP) is 3.28. The fourth-order valence-electron chi connectivity index (χ4n) is 2.26. The quantitative estimate of drug-likeness (QED) is 0.759. The van der Waals surface area contributed by atoms with Crippen molar-refractivity contribution in [3.8, 4) is 11.3 Å². The summed E-state index contributed by atoms with van der Waals surface area (Å²) >= 11 is 0. The second kappa shape index (κ2) is 7.10. The van der Waals surface area contributed by atoms with E-state index in [0.29, 0.717) is 0 Å². The van der Waals surface area contributed by atoms with Gasteiger partial charge in [0.15, 0.2) is 0 Å². The SMILES string of the molecule is CCN(CC)CCCn1cnc(-c2ccccc2)c1. The van der Waals surface area contributed by atoms with Crippen molar-refractivity contribution in [2.24, 2.45) is 0 Å². The summed E-state index contributed by atoms with van der Waals surface area (Å²) in [5.74, 6) is 0. The van der Waals surface area contributed by atoms with E-state index in [1.54, 1.807) is 0 Å². The first-order chi connectivity index (χ1) is 9.33. The lowest BCUT2D eigenvalue weighted by Gasteiger charge is -2.17. The Balaban J connectivity index is 1.88. The molecular weight excluding hydrogens is 234 g/mol. The molecule has 1 aromatic heterocycles. The molecular formula is C16H23N3. The lowest BCUT2D eigenvalue weighted by Crippen LogP contribution is -2.24. The van der Waals surface area contributed by atoms with Crippen molar-refractivity contribution in [1.82, 2.24) is 14.5 Å². The number of aromatic nitrogens is 2. The van der Waals surface area contributed by atoms with Gasteiger partial charge in [-0.3, -0.25) is 0 Å². The van der Waals surface area contributed by atoms with Gasteiger partial charge in [0.1, 0.15) is 0 Å². The summed E-state index contributed by atoms with van der Waals surface area (Å²) in [6.45, 7) is 8.90. The molecule has 0 saturated carbocycles. The summed E-state index contributed by atoms with van der Waals surface area (Å²) in [5, 5.41) is 0. The molecule has 1 aromatic carbocycles. The van der Waals surface area contributed by atoms with Crippen LogP contribution < -0.4 is 0 Å². The molecule has 0 atom stereocenters. The first-order valence-corrected chi connectivity index (χ1v) is 7.13. The average molecular weight is 257 g/mol. The number of imidazole rings is 1. The van der Waals surface area contributed by atoms with Crippen LogP contribution in [0.5, 0.6) is 0 Å². The molecule has 0 radical (unpaired) electrons. The molecule has 0 amide bonds. The molecule has 0 spiro atoms. The maximum Gasteiger partial charge on any atom is 0.0953 e. The minimum atomic E-state index is 1.04. The van der Waals surface area contributed by atoms with E-state index in [1.165, 1.54) is 12.0 Å². The zero-order valence-electron chi connectivity index (χ0n) is 11.9. The van der Waals surface area contributed by atoms with Gasteiger partial charge in [-0.05, 0) is 26.1 Å². The molecule has 0 aliphatic heterocycles. The van der Waals surface area contributed by atoms with E-state index in [4.69, 9.17) is 0 Å². The molecule has 0 aliphatic carbocycles. The number of hydrogen-bond donors (Lipinski definition) is 0. The fourth-order valence-corrected chi connectivity index (χ4v) is 2.26. The summed E-state index contributed by atoms with van der Waals surface area (Å²) in [6, 6.07) is 10.3. The Hall–Kier alpha value is -1.61. The molecule has 0 aliphatic rings. The van der Waals surface area contributed by atoms with Crippen LogP contribution in [0, 0.1) is 0 Å². The molecule has 102 valence electrons. The van der Waals surface area contributed by atoms with Gasteiger partial charge >= 0.3 is 0 Å². The second-order valence-electron chi connectivity index (χ2n) is 4.74. The minimum absolute atomic E-state index is 1.04. The van der Waals surface area contributed by atoms with E-state index < -0.39 is 0 Å². The Morgan fingerprint density at radius 1 is 1.11 bits per heavy atom. The van der Waals surface area contributed by atoms with Crippen LogP contribution in [-0.4, -0.2) is 34.1 Å². The highest BCUT2D eigenvalue weighted by Crippen LogP contribution is 2.15. The van der Waals surface area contributed by atoms with Gasteiger partial charge in [-0.25, -0.2) is 4.98 Å². The van der Waals surface area contributed by atoms with Crippen molar-refractivity contribution >= 4 is 0 Å². The summed E-state index contributed by atoms with van der Waals surface area (Å²) in [5.41, 5.74) is 2.24. The van der Waals surface area contributed by atoms with E-state index in [0.717, 1.165) is 31.9 Å². The van der Waals surface area contributed by atoms with Crippen LogP contribution in [0.25, 0.3) is 11.3 Å². The number of aryl methyl sites for hydroxylation is 1. The van der Waals surface area contributed by atoms with Gasteiger partial charge in [0.05, 0.1) is 12.0 Å². The number of nitrogens with zero attached hydrogens (tertiary/aromatic N) is 3. The smallest absolute Gasteiger partial charge is 0.0953 e. The molecule has 3 heteroatoms. The first kappa shape index (κ1) is 13.8. The molecule has 0 fully saturated rings. The van der Waals surface area contributed by atoms with Crippen LogP contribution >= 0.6 is 0 Å². The predicted molar refractivity (Wildman–Crippen MR) is 80.1 cm³/mol. The first-order valence-electron chi connectivity index (χ1n) is 7.13. The molecule has 2 aromatic rings. The Morgan fingerprint density at radius 2 is 1.84 bits per heavy atom. The van der Waals surface area contributed by atoms with Crippen molar-refractivity contribution in [3.05, 3.63) is 42.9 Å². The Labute approximate surface area is 115 Å². The van der Waals surface area contributed by atoms with E-state index in [9.17, 15) is 0 Å². The molecule has 0 saturated heterocycles. The van der Waals surface area contributed by atoms with Gasteiger partial charge in [-0.1, -0.05) is 44.2 Å². The zero-order valence-corrected chi connectivity index (χ0v) is 11.9. The number of benzene rings is 1. The van der Waals surface area contributed by atoms with Gasteiger partial charge in [-0.2, -0.15) is 0 Å². The molecule has 3 nitrogen and oxygen atoms in total. The van der Waals surface area contributed by atoms with Crippen LogP contribution in [0.3, 0.4) is 0 Å². The Morgan fingerprint density at radius 3 is 2.53 bits per heavy atom. The van der Waals surface area contributed by atoms with Crippen LogP contribution in [0.1, 0.15) is 20.3 Å². The van der Waals surface area contributed by atoms with Crippen molar-refractivity contribution in [2.75, 3.05) is 19.6 Å². The Bertz CT molecular complexity index is 472. The van der Waals surface area contributed by atoms with Gasteiger partial charge in [0, 0.05) is 18.3 Å². The molecule has 1 heterocycles. The van der Waals surface area contributed by atoms with E-state index >= 15 is 0 Å². The van der Waals surface area contributed by atoms with Crippen LogP contribution in [0.2, 0.25) is 0 Å². The maximum absolute atomic E-state index is 4.47. The summed E-state index contributed by atoms with van der Waals surface area (Å²) in [7, 11) is 0. The van der Waals surface area contributed by atoms with Crippen LogP contribution in [0.4, 0.5) is 0 Å². The number of hydrogen-bond acceptors (Lipinski definition) is 2. The lowest BCUT2D eigenvalue weighted by atomic mass is 10.2. The molecule has 19 heavy (non-hydrogen) atoms. The topological polar surface area (TPSA) is 21.1 Å². The molecule has 0 bridgehead atoms.